The van der Waals surface area contributed by atoms with E-state index in [9.17, 15) is 4.79 Å². The van der Waals surface area contributed by atoms with Crippen LogP contribution in [0.2, 0.25) is 0 Å². The van der Waals surface area contributed by atoms with Gasteiger partial charge >= 0.3 is 0 Å². The van der Waals surface area contributed by atoms with E-state index in [1.54, 1.807) is 0 Å². The second kappa shape index (κ2) is 18.0. The van der Waals surface area contributed by atoms with Crippen LogP contribution in [-0.2, 0) is 33.0 Å². The number of hydrogen-bond acceptors (Lipinski definition) is 4. The smallest absolute Gasteiger partial charge is 0.254 e. The molecule has 49 heavy (non-hydrogen) atoms. The Balaban J connectivity index is 0.00000270. The molecule has 0 aliphatic heterocycles. The van der Waals surface area contributed by atoms with E-state index in [4.69, 9.17) is 16.1 Å². The number of rotatable bonds is 13. The van der Waals surface area contributed by atoms with E-state index in [2.05, 4.69) is 81.1 Å². The zero-order valence-electron chi connectivity index (χ0n) is 28.3. The molecule has 1 amide bonds. The van der Waals surface area contributed by atoms with E-state index in [1.807, 2.05) is 43.4 Å². The van der Waals surface area contributed by atoms with E-state index < -0.39 is 0 Å². The number of amides is 1. The van der Waals surface area contributed by atoms with Gasteiger partial charge in [-0.3, -0.25) is 15.1 Å². The summed E-state index contributed by atoms with van der Waals surface area (Å²) in [7, 11) is 2.05. The number of halogens is 2. The molecule has 7 nitrogen and oxygen atoms in total. The number of nitrogen functional groups attached to an aromatic ring is 1. The van der Waals surface area contributed by atoms with E-state index in [1.165, 1.54) is 36.0 Å². The van der Waals surface area contributed by atoms with Crippen LogP contribution in [0.4, 0.5) is 0 Å². The molecule has 5 aromatic rings. The molecule has 1 heterocycles. The Morgan fingerprint density at radius 2 is 1.37 bits per heavy atom. The molecular weight excluding hydrogens is 651 g/mol. The Hall–Kier alpha value is -4.17. The molecule has 3 N–H and O–H groups in total. The molecule has 0 bridgehead atoms. The summed E-state index contributed by atoms with van der Waals surface area (Å²) in [5, 5.41) is 7.62. The fraction of sp³-hybridized carbons (Fsp3) is 0.325. The van der Waals surface area contributed by atoms with E-state index in [0.717, 1.165) is 67.7 Å². The minimum atomic E-state index is 0. The molecule has 0 spiro atoms. The topological polar surface area (TPSA) is 91.2 Å². The first kappa shape index (κ1) is 37.6. The largest absolute Gasteiger partial charge is 0.384 e. The summed E-state index contributed by atoms with van der Waals surface area (Å²) >= 11 is 0. The van der Waals surface area contributed by atoms with Gasteiger partial charge in [0.25, 0.3) is 5.91 Å². The number of benzene rings is 4. The quantitative estimate of drug-likeness (QED) is 0.0964. The molecule has 1 aliphatic carbocycles. The molecule has 0 atom stereocenters. The highest BCUT2D eigenvalue weighted by Gasteiger charge is 2.27. The minimum Gasteiger partial charge on any atom is -0.384 e. The Morgan fingerprint density at radius 1 is 0.776 bits per heavy atom. The second-order valence-corrected chi connectivity index (χ2v) is 12.9. The first-order valence-corrected chi connectivity index (χ1v) is 16.9. The Morgan fingerprint density at radius 3 is 1.96 bits per heavy atom. The summed E-state index contributed by atoms with van der Waals surface area (Å²) in [4.78, 5) is 24.0. The molecule has 1 saturated carbocycles. The molecule has 9 heteroatoms. The predicted molar refractivity (Wildman–Crippen MR) is 205 cm³/mol. The molecule has 1 fully saturated rings. The molecule has 0 saturated heterocycles. The van der Waals surface area contributed by atoms with Crippen LogP contribution in [0.3, 0.4) is 0 Å². The molecule has 4 aromatic carbocycles. The summed E-state index contributed by atoms with van der Waals surface area (Å²) in [6.45, 7) is 3.17. The summed E-state index contributed by atoms with van der Waals surface area (Å²) in [6.07, 6.45) is 7.33. The standard InChI is InChI=1S/C40H46N6O.2ClH/c1-44-37-23-22-34(27-36(37)43-38(44)24-19-30-17-20-33(21-18-30)39(41)42)40(47)46(35-15-9-4-10-16-35)26-25-45(28-31-11-5-2-6-12-31)29-32-13-7-3-8-14-32;;/h2-3,5-8,11-14,17-18,20-23,27,35H,4,9-10,15-16,19,24-26,28-29H2,1H3,(H3,41,42);2*1H. The number of nitrogens with two attached hydrogens (primary N) is 1. The van der Waals surface area contributed by atoms with Gasteiger partial charge in [-0.05, 0) is 54.2 Å². The normalized spacial score (nSPS) is 13.1. The molecule has 1 aromatic heterocycles. The zero-order valence-corrected chi connectivity index (χ0v) is 29.9. The summed E-state index contributed by atoms with van der Waals surface area (Å²) in [5.74, 6) is 1.17. The second-order valence-electron chi connectivity index (χ2n) is 12.9. The van der Waals surface area contributed by atoms with Crippen LogP contribution >= 0.6 is 24.8 Å². The molecule has 0 unspecified atom stereocenters. The van der Waals surface area contributed by atoms with Crippen molar-refractivity contribution in [3.63, 3.8) is 0 Å². The lowest BCUT2D eigenvalue weighted by Gasteiger charge is -2.36. The lowest BCUT2D eigenvalue weighted by atomic mass is 9.93. The number of carbonyl (C=O) groups is 1. The third-order valence-corrected chi connectivity index (χ3v) is 9.55. The number of hydrogen-bond donors (Lipinski definition) is 2. The summed E-state index contributed by atoms with van der Waals surface area (Å²) in [6, 6.07) is 35.4. The van der Waals surface area contributed by atoms with Crippen LogP contribution in [-0.4, -0.2) is 50.2 Å². The highest BCUT2D eigenvalue weighted by atomic mass is 35.5. The number of nitrogens with one attached hydrogen (secondary N) is 1. The van der Waals surface area contributed by atoms with Crippen molar-refractivity contribution in [2.75, 3.05) is 13.1 Å². The summed E-state index contributed by atoms with van der Waals surface area (Å²) < 4.78 is 2.14. The summed E-state index contributed by atoms with van der Waals surface area (Å²) in [5.41, 5.74) is 12.7. The lowest BCUT2D eigenvalue weighted by Crippen LogP contribution is -2.45. The van der Waals surface area contributed by atoms with Crippen molar-refractivity contribution in [3.8, 4) is 0 Å². The monoisotopic (exact) mass is 698 g/mol. The van der Waals surface area contributed by atoms with Gasteiger partial charge in [0.05, 0.1) is 11.0 Å². The maximum atomic E-state index is 14.3. The van der Waals surface area contributed by atoms with Gasteiger partial charge in [0, 0.05) is 56.8 Å². The van der Waals surface area contributed by atoms with Gasteiger partial charge in [0.15, 0.2) is 0 Å². The third kappa shape index (κ3) is 9.72. The lowest BCUT2D eigenvalue weighted by molar-refractivity contribution is 0.0598. The number of aromatic nitrogens is 2. The zero-order chi connectivity index (χ0) is 32.6. The van der Waals surface area contributed by atoms with Crippen molar-refractivity contribution in [1.29, 1.82) is 5.41 Å². The van der Waals surface area contributed by atoms with Crippen LogP contribution in [0.5, 0.6) is 0 Å². The maximum absolute atomic E-state index is 14.3. The number of fused-ring (bicyclic) bond motifs is 1. The highest BCUT2D eigenvalue weighted by Crippen LogP contribution is 2.26. The van der Waals surface area contributed by atoms with Gasteiger partial charge in [-0.25, -0.2) is 4.98 Å². The third-order valence-electron chi connectivity index (χ3n) is 9.55. The van der Waals surface area contributed by atoms with E-state index in [0.29, 0.717) is 12.1 Å². The molecular formula is C40H48Cl2N6O. The highest BCUT2D eigenvalue weighted by molar-refractivity contribution is 5.97. The first-order chi connectivity index (χ1) is 22.9. The van der Waals surface area contributed by atoms with E-state index >= 15 is 0 Å². The van der Waals surface area contributed by atoms with Crippen molar-refractivity contribution in [2.24, 2.45) is 12.8 Å². The van der Waals surface area contributed by atoms with Gasteiger partial charge in [0.2, 0.25) is 0 Å². The minimum absolute atomic E-state index is 0. The van der Waals surface area contributed by atoms with E-state index in [-0.39, 0.29) is 42.6 Å². The van der Waals surface area contributed by atoms with Crippen molar-refractivity contribution in [2.45, 2.75) is 64.1 Å². The van der Waals surface area contributed by atoms with Crippen LogP contribution in [0.25, 0.3) is 11.0 Å². The fourth-order valence-corrected chi connectivity index (χ4v) is 6.87. The number of carbonyl (C=O) groups excluding carboxylic acids is 1. The van der Waals surface area contributed by atoms with Gasteiger partial charge in [-0.1, -0.05) is 104 Å². The number of nitrogens with zero attached hydrogens (tertiary/aromatic N) is 4. The van der Waals surface area contributed by atoms with Crippen LogP contribution in [0.15, 0.2) is 103 Å². The van der Waals surface area contributed by atoms with Crippen LogP contribution < -0.4 is 5.73 Å². The van der Waals surface area contributed by atoms with Crippen molar-refractivity contribution >= 4 is 47.6 Å². The average Bonchev–Trinajstić information content (AvgIpc) is 3.43. The van der Waals surface area contributed by atoms with Crippen LogP contribution in [0, 0.1) is 5.41 Å². The maximum Gasteiger partial charge on any atom is 0.254 e. The van der Waals surface area contributed by atoms with Gasteiger partial charge in [0.1, 0.15) is 11.7 Å². The van der Waals surface area contributed by atoms with Crippen LogP contribution in [0.1, 0.15) is 70.5 Å². The number of aryl methyl sites for hydroxylation is 3. The van der Waals surface area contributed by atoms with Crippen molar-refractivity contribution < 1.29 is 4.79 Å². The predicted octanol–water partition coefficient (Wildman–Crippen LogP) is 7.96. The number of imidazole rings is 1. The Bertz CT molecular complexity index is 1750. The molecule has 258 valence electrons. The molecule has 0 radical (unpaired) electrons. The Labute approximate surface area is 302 Å². The molecule has 1 aliphatic rings. The fourth-order valence-electron chi connectivity index (χ4n) is 6.87. The van der Waals surface area contributed by atoms with Gasteiger partial charge in [-0.15, -0.1) is 24.8 Å². The van der Waals surface area contributed by atoms with Crippen molar-refractivity contribution in [1.82, 2.24) is 19.4 Å². The Kier molecular flexibility index (Phi) is 13.8. The van der Waals surface area contributed by atoms with Gasteiger partial charge < -0.3 is 15.2 Å². The van der Waals surface area contributed by atoms with Crippen molar-refractivity contribution in [3.05, 3.63) is 137 Å². The average molecular weight is 700 g/mol. The first-order valence-electron chi connectivity index (χ1n) is 16.9. The SMILES string of the molecule is Cl.Cl.Cn1c(CCc2ccc(C(=N)N)cc2)nc2cc(C(=O)N(CCN(Cc3ccccc3)Cc3ccccc3)C3CCCCC3)ccc21. The molecule has 6 rings (SSSR count). The number of amidine groups is 1. The van der Waals surface area contributed by atoms with Gasteiger partial charge in [-0.2, -0.15) is 0 Å².